The summed E-state index contributed by atoms with van der Waals surface area (Å²) in [6.45, 7) is 1.81. The van der Waals surface area contributed by atoms with E-state index in [1.165, 1.54) is 6.20 Å². The highest BCUT2D eigenvalue weighted by Gasteiger charge is 2.13. The minimum atomic E-state index is 0.104. The Morgan fingerprint density at radius 1 is 1.40 bits per heavy atom. The lowest BCUT2D eigenvalue weighted by Crippen LogP contribution is -1.86. The number of hydrogen-bond acceptors (Lipinski definition) is 4. The Hall–Kier alpha value is -1.68. The van der Waals surface area contributed by atoms with Crippen molar-refractivity contribution in [2.24, 2.45) is 0 Å². The number of halogens is 1. The Bertz CT molecular complexity index is 508. The molecule has 2 rings (SSSR count). The van der Waals surface area contributed by atoms with Gasteiger partial charge in [-0.1, -0.05) is 16.8 Å². The van der Waals surface area contributed by atoms with Crippen molar-refractivity contribution in [1.29, 1.82) is 0 Å². The lowest BCUT2D eigenvalue weighted by molar-refractivity contribution is 0.436. The van der Waals surface area contributed by atoms with E-state index in [4.69, 9.17) is 21.9 Å². The molecule has 0 atom stereocenters. The molecule has 0 saturated carbocycles. The van der Waals surface area contributed by atoms with E-state index in [9.17, 15) is 5.11 Å². The molecule has 0 fully saturated rings. The molecule has 0 bridgehead atoms. The molecule has 0 aliphatic rings. The van der Waals surface area contributed by atoms with Crippen LogP contribution in [0, 0.1) is 6.92 Å². The highest BCUT2D eigenvalue weighted by molar-refractivity contribution is 6.31. The molecule has 0 unspecified atom stereocenters. The van der Waals surface area contributed by atoms with E-state index in [1.54, 1.807) is 12.1 Å². The number of nitrogens with zero attached hydrogens (tertiary/aromatic N) is 1. The number of aryl methyl sites for hydroxylation is 1. The molecule has 1 aromatic heterocycles. The van der Waals surface area contributed by atoms with Gasteiger partial charge >= 0.3 is 0 Å². The first-order valence-corrected chi connectivity index (χ1v) is 4.67. The maximum Gasteiger partial charge on any atom is 0.230 e. The second-order valence-electron chi connectivity index (χ2n) is 3.22. The van der Waals surface area contributed by atoms with E-state index < -0.39 is 0 Å². The summed E-state index contributed by atoms with van der Waals surface area (Å²) < 4.78 is 4.72. The van der Waals surface area contributed by atoms with Gasteiger partial charge in [0.2, 0.25) is 5.88 Å². The summed E-state index contributed by atoms with van der Waals surface area (Å²) in [5.74, 6) is 0.261. The van der Waals surface area contributed by atoms with Crippen LogP contribution in [-0.2, 0) is 0 Å². The molecule has 0 saturated heterocycles. The van der Waals surface area contributed by atoms with Gasteiger partial charge in [-0.3, -0.25) is 0 Å². The maximum atomic E-state index is 9.73. The highest BCUT2D eigenvalue weighted by atomic mass is 35.5. The number of benzene rings is 1. The van der Waals surface area contributed by atoms with Gasteiger partial charge in [0.25, 0.3) is 0 Å². The smallest absolute Gasteiger partial charge is 0.230 e. The molecule has 2 aromatic rings. The predicted octanol–water partition coefficient (Wildman–Crippen LogP) is 2.59. The topological polar surface area (TPSA) is 72.3 Å². The van der Waals surface area contributed by atoms with Gasteiger partial charge < -0.3 is 15.4 Å². The standard InChI is InChI=1S/C10H9ClN2O2/c1-5-2-9(14)6(3-8(5)11)7-4-13-15-10(7)12/h2-4,14H,12H2,1H3. The van der Waals surface area contributed by atoms with Gasteiger partial charge in [-0.2, -0.15) is 0 Å². The van der Waals surface area contributed by atoms with Gasteiger partial charge in [-0.25, -0.2) is 0 Å². The van der Waals surface area contributed by atoms with Gasteiger partial charge in [0.15, 0.2) is 0 Å². The summed E-state index contributed by atoms with van der Waals surface area (Å²) in [5.41, 5.74) is 7.40. The Kier molecular flexibility index (Phi) is 2.28. The number of hydrogen-bond donors (Lipinski definition) is 2. The average Bonchev–Trinajstić information content (AvgIpc) is 2.58. The molecular formula is C10H9ClN2O2. The molecule has 15 heavy (non-hydrogen) atoms. The second-order valence-corrected chi connectivity index (χ2v) is 3.63. The number of phenolic OH excluding ortho intramolecular Hbond substituents is 1. The number of nitrogen functional groups attached to an aromatic ring is 1. The molecule has 0 spiro atoms. The van der Waals surface area contributed by atoms with Crippen molar-refractivity contribution >= 4 is 17.5 Å². The number of aromatic nitrogens is 1. The van der Waals surface area contributed by atoms with Crippen molar-refractivity contribution in [1.82, 2.24) is 5.16 Å². The lowest BCUT2D eigenvalue weighted by atomic mass is 10.1. The number of aromatic hydroxyl groups is 1. The lowest BCUT2D eigenvalue weighted by Gasteiger charge is -2.05. The van der Waals surface area contributed by atoms with E-state index in [2.05, 4.69) is 5.16 Å². The highest BCUT2D eigenvalue weighted by Crippen LogP contribution is 2.36. The number of phenols is 1. The quantitative estimate of drug-likeness (QED) is 0.781. The fraction of sp³-hybridized carbons (Fsp3) is 0.100. The molecule has 0 aliphatic carbocycles. The largest absolute Gasteiger partial charge is 0.507 e. The van der Waals surface area contributed by atoms with Crippen LogP contribution in [0.3, 0.4) is 0 Å². The Balaban J connectivity index is 2.64. The first-order chi connectivity index (χ1) is 7.09. The van der Waals surface area contributed by atoms with Gasteiger partial charge in [0.1, 0.15) is 5.75 Å². The summed E-state index contributed by atoms with van der Waals surface area (Å²) >= 11 is 5.95. The van der Waals surface area contributed by atoms with Crippen molar-refractivity contribution in [2.45, 2.75) is 6.92 Å². The third-order valence-electron chi connectivity index (χ3n) is 2.17. The van der Waals surface area contributed by atoms with Crippen molar-refractivity contribution in [3.63, 3.8) is 0 Å². The Morgan fingerprint density at radius 3 is 2.73 bits per heavy atom. The van der Waals surface area contributed by atoms with E-state index in [-0.39, 0.29) is 11.6 Å². The number of nitrogens with two attached hydrogens (primary N) is 1. The van der Waals surface area contributed by atoms with Crippen LogP contribution in [0.1, 0.15) is 5.56 Å². The predicted molar refractivity (Wildman–Crippen MR) is 57.8 cm³/mol. The molecule has 3 N–H and O–H groups in total. The molecule has 4 nitrogen and oxygen atoms in total. The van der Waals surface area contributed by atoms with E-state index >= 15 is 0 Å². The zero-order chi connectivity index (χ0) is 11.0. The molecule has 0 amide bonds. The van der Waals surface area contributed by atoms with Crippen LogP contribution in [0.2, 0.25) is 5.02 Å². The van der Waals surface area contributed by atoms with Gasteiger partial charge in [-0.05, 0) is 24.6 Å². The fourth-order valence-electron chi connectivity index (χ4n) is 1.33. The van der Waals surface area contributed by atoms with E-state index in [0.29, 0.717) is 16.1 Å². The van der Waals surface area contributed by atoms with Crippen molar-refractivity contribution in [3.8, 4) is 16.9 Å². The fourth-order valence-corrected chi connectivity index (χ4v) is 1.50. The third-order valence-corrected chi connectivity index (χ3v) is 2.57. The van der Waals surface area contributed by atoms with Crippen molar-refractivity contribution in [2.75, 3.05) is 5.73 Å². The Labute approximate surface area is 91.3 Å². The summed E-state index contributed by atoms with van der Waals surface area (Å²) in [6.07, 6.45) is 1.44. The second kappa shape index (κ2) is 3.47. The normalized spacial score (nSPS) is 10.5. The third kappa shape index (κ3) is 1.64. The van der Waals surface area contributed by atoms with Gasteiger partial charge in [0.05, 0.1) is 11.8 Å². The van der Waals surface area contributed by atoms with Crippen LogP contribution in [-0.4, -0.2) is 10.3 Å². The van der Waals surface area contributed by atoms with E-state index in [1.807, 2.05) is 6.92 Å². The summed E-state index contributed by atoms with van der Waals surface area (Å²) in [5, 5.41) is 13.8. The molecule has 1 heterocycles. The van der Waals surface area contributed by atoms with Crippen molar-refractivity contribution in [3.05, 3.63) is 28.9 Å². The van der Waals surface area contributed by atoms with Crippen molar-refractivity contribution < 1.29 is 9.63 Å². The molecule has 0 aliphatic heterocycles. The monoisotopic (exact) mass is 224 g/mol. The van der Waals surface area contributed by atoms with Gasteiger partial charge in [-0.15, -0.1) is 0 Å². The maximum absolute atomic E-state index is 9.73. The zero-order valence-electron chi connectivity index (χ0n) is 7.99. The molecular weight excluding hydrogens is 216 g/mol. The summed E-state index contributed by atoms with van der Waals surface area (Å²) in [7, 11) is 0. The molecule has 1 aromatic carbocycles. The summed E-state index contributed by atoms with van der Waals surface area (Å²) in [4.78, 5) is 0. The van der Waals surface area contributed by atoms with Crippen LogP contribution in [0.25, 0.3) is 11.1 Å². The van der Waals surface area contributed by atoms with Crippen LogP contribution in [0.15, 0.2) is 22.9 Å². The first-order valence-electron chi connectivity index (χ1n) is 4.29. The first kappa shape index (κ1) is 9.86. The average molecular weight is 225 g/mol. The minimum absolute atomic E-state index is 0.104. The van der Waals surface area contributed by atoms with Crippen LogP contribution in [0.4, 0.5) is 5.88 Å². The summed E-state index contributed by atoms with van der Waals surface area (Å²) in [6, 6.07) is 3.21. The molecule has 78 valence electrons. The SMILES string of the molecule is Cc1cc(O)c(-c2cnoc2N)cc1Cl. The molecule has 0 radical (unpaired) electrons. The molecule has 5 heteroatoms. The van der Waals surface area contributed by atoms with Crippen LogP contribution >= 0.6 is 11.6 Å². The van der Waals surface area contributed by atoms with Crippen LogP contribution < -0.4 is 5.73 Å². The Morgan fingerprint density at radius 2 is 2.13 bits per heavy atom. The van der Waals surface area contributed by atoms with Crippen LogP contribution in [0.5, 0.6) is 5.75 Å². The zero-order valence-corrected chi connectivity index (χ0v) is 8.75. The number of anilines is 1. The number of rotatable bonds is 1. The minimum Gasteiger partial charge on any atom is -0.507 e. The van der Waals surface area contributed by atoms with E-state index in [0.717, 1.165) is 5.56 Å². The van der Waals surface area contributed by atoms with Gasteiger partial charge in [0, 0.05) is 10.6 Å².